The highest BCUT2D eigenvalue weighted by molar-refractivity contribution is 6.15. The van der Waals surface area contributed by atoms with E-state index in [2.05, 4.69) is 12.1 Å². The molecule has 4 aromatic rings. The van der Waals surface area contributed by atoms with Crippen LogP contribution >= 0.6 is 0 Å². The maximum atomic E-state index is 13.1. The Hall–Kier alpha value is -3.19. The molecule has 0 aliphatic heterocycles. The minimum Gasteiger partial charge on any atom is -0.289 e. The van der Waals surface area contributed by atoms with E-state index in [9.17, 15) is 4.79 Å². The van der Waals surface area contributed by atoms with Crippen molar-refractivity contribution in [3.8, 4) is 11.1 Å². The van der Waals surface area contributed by atoms with Crippen LogP contribution in [0.25, 0.3) is 21.9 Å². The summed E-state index contributed by atoms with van der Waals surface area (Å²) in [6.45, 7) is 0. The van der Waals surface area contributed by atoms with Gasteiger partial charge in [-0.3, -0.25) is 4.79 Å². The van der Waals surface area contributed by atoms with Crippen LogP contribution in [0.2, 0.25) is 0 Å². The standard InChI is InChI=1S/C23H16O/c24-23(18-11-5-2-6-12-18)22-16-20-14-8-7-13-19(20)15-21(22)17-9-3-1-4-10-17/h1-16H. The van der Waals surface area contributed by atoms with E-state index in [1.807, 2.05) is 84.9 Å². The minimum absolute atomic E-state index is 0.0557. The zero-order chi connectivity index (χ0) is 16.4. The normalized spacial score (nSPS) is 10.7. The van der Waals surface area contributed by atoms with Gasteiger partial charge in [0.1, 0.15) is 0 Å². The third-order valence-electron chi connectivity index (χ3n) is 4.25. The fraction of sp³-hybridized carbons (Fsp3) is 0. The van der Waals surface area contributed by atoms with E-state index in [1.54, 1.807) is 0 Å². The van der Waals surface area contributed by atoms with E-state index >= 15 is 0 Å². The molecule has 0 fully saturated rings. The van der Waals surface area contributed by atoms with Crippen molar-refractivity contribution < 1.29 is 4.79 Å². The van der Waals surface area contributed by atoms with Gasteiger partial charge in [0.2, 0.25) is 0 Å². The number of ketones is 1. The molecule has 0 atom stereocenters. The molecule has 114 valence electrons. The molecule has 0 saturated heterocycles. The molecule has 0 heterocycles. The number of rotatable bonds is 3. The summed E-state index contributed by atoms with van der Waals surface area (Å²) in [4.78, 5) is 13.1. The molecule has 1 nitrogen and oxygen atoms in total. The van der Waals surface area contributed by atoms with Crippen LogP contribution in [0.15, 0.2) is 97.1 Å². The quantitative estimate of drug-likeness (QED) is 0.441. The maximum absolute atomic E-state index is 13.1. The predicted molar refractivity (Wildman–Crippen MR) is 99.3 cm³/mol. The van der Waals surface area contributed by atoms with E-state index < -0.39 is 0 Å². The van der Waals surface area contributed by atoms with Crippen LogP contribution in [0, 0.1) is 0 Å². The van der Waals surface area contributed by atoms with Crippen LogP contribution in [0.4, 0.5) is 0 Å². The Labute approximate surface area is 141 Å². The van der Waals surface area contributed by atoms with Gasteiger partial charge in [0.15, 0.2) is 5.78 Å². The van der Waals surface area contributed by atoms with Gasteiger partial charge in [0.05, 0.1) is 0 Å². The smallest absolute Gasteiger partial charge is 0.193 e. The third-order valence-corrected chi connectivity index (χ3v) is 4.25. The van der Waals surface area contributed by atoms with Crippen LogP contribution < -0.4 is 0 Å². The molecule has 0 bridgehead atoms. The summed E-state index contributed by atoms with van der Waals surface area (Å²) in [5.41, 5.74) is 3.49. The molecule has 4 aromatic carbocycles. The Bertz CT molecular complexity index is 1000. The summed E-state index contributed by atoms with van der Waals surface area (Å²) in [6, 6.07) is 31.8. The fourth-order valence-corrected chi connectivity index (χ4v) is 3.03. The first-order valence-electron chi connectivity index (χ1n) is 8.01. The summed E-state index contributed by atoms with van der Waals surface area (Å²) in [5.74, 6) is 0.0557. The van der Waals surface area contributed by atoms with E-state index in [0.717, 1.165) is 27.5 Å². The van der Waals surface area contributed by atoms with Crippen molar-refractivity contribution in [1.82, 2.24) is 0 Å². The van der Waals surface area contributed by atoms with Gasteiger partial charge in [-0.1, -0.05) is 84.9 Å². The van der Waals surface area contributed by atoms with Gasteiger partial charge in [0.25, 0.3) is 0 Å². The van der Waals surface area contributed by atoms with Gasteiger partial charge >= 0.3 is 0 Å². The summed E-state index contributed by atoms with van der Waals surface area (Å²) >= 11 is 0. The number of carbonyl (C=O) groups excluding carboxylic acids is 1. The molecule has 0 unspecified atom stereocenters. The number of fused-ring (bicyclic) bond motifs is 1. The lowest BCUT2D eigenvalue weighted by Crippen LogP contribution is -2.03. The molecular formula is C23H16O. The van der Waals surface area contributed by atoms with Crippen molar-refractivity contribution in [2.45, 2.75) is 0 Å². The molecule has 0 aliphatic rings. The highest BCUT2D eigenvalue weighted by atomic mass is 16.1. The molecule has 0 aromatic heterocycles. The van der Waals surface area contributed by atoms with Gasteiger partial charge in [-0.2, -0.15) is 0 Å². The van der Waals surface area contributed by atoms with Crippen LogP contribution in [0.5, 0.6) is 0 Å². The maximum Gasteiger partial charge on any atom is 0.193 e. The first-order valence-corrected chi connectivity index (χ1v) is 8.01. The molecule has 1 heteroatoms. The van der Waals surface area contributed by atoms with Crippen LogP contribution in [-0.4, -0.2) is 5.78 Å². The summed E-state index contributed by atoms with van der Waals surface area (Å²) in [6.07, 6.45) is 0. The van der Waals surface area contributed by atoms with Crippen LogP contribution in [0.1, 0.15) is 15.9 Å². The largest absolute Gasteiger partial charge is 0.289 e. The Morgan fingerprint density at radius 1 is 0.583 bits per heavy atom. The zero-order valence-corrected chi connectivity index (χ0v) is 13.1. The van der Waals surface area contributed by atoms with Gasteiger partial charge in [0, 0.05) is 11.1 Å². The average Bonchev–Trinajstić information content (AvgIpc) is 2.68. The lowest BCUT2D eigenvalue weighted by atomic mass is 9.91. The van der Waals surface area contributed by atoms with Crippen LogP contribution in [0.3, 0.4) is 0 Å². The van der Waals surface area contributed by atoms with Crippen molar-refractivity contribution in [1.29, 1.82) is 0 Å². The molecule has 0 spiro atoms. The fourth-order valence-electron chi connectivity index (χ4n) is 3.03. The Morgan fingerprint density at radius 3 is 1.79 bits per heavy atom. The van der Waals surface area contributed by atoms with Crippen molar-refractivity contribution in [3.05, 3.63) is 108 Å². The van der Waals surface area contributed by atoms with E-state index in [0.29, 0.717) is 5.56 Å². The molecule has 0 amide bonds. The van der Waals surface area contributed by atoms with Crippen LogP contribution in [-0.2, 0) is 0 Å². The molecule has 4 rings (SSSR count). The second-order valence-corrected chi connectivity index (χ2v) is 5.81. The number of hydrogen-bond donors (Lipinski definition) is 0. The number of hydrogen-bond acceptors (Lipinski definition) is 1. The van der Waals surface area contributed by atoms with E-state index in [4.69, 9.17) is 0 Å². The zero-order valence-electron chi connectivity index (χ0n) is 13.1. The first kappa shape index (κ1) is 14.4. The first-order chi connectivity index (χ1) is 11.8. The molecule has 0 N–H and O–H groups in total. The molecule has 24 heavy (non-hydrogen) atoms. The SMILES string of the molecule is O=C(c1ccccc1)c1cc2ccccc2cc1-c1ccccc1. The molecule has 0 saturated carbocycles. The highest BCUT2D eigenvalue weighted by Gasteiger charge is 2.15. The second-order valence-electron chi connectivity index (χ2n) is 5.81. The summed E-state index contributed by atoms with van der Waals surface area (Å²) < 4.78 is 0. The van der Waals surface area contributed by atoms with Crippen molar-refractivity contribution in [3.63, 3.8) is 0 Å². The topological polar surface area (TPSA) is 17.1 Å². The predicted octanol–water partition coefficient (Wildman–Crippen LogP) is 5.74. The second kappa shape index (κ2) is 6.13. The van der Waals surface area contributed by atoms with Crippen molar-refractivity contribution >= 4 is 16.6 Å². The Morgan fingerprint density at radius 2 is 1.12 bits per heavy atom. The number of carbonyl (C=O) groups is 1. The third kappa shape index (κ3) is 2.61. The monoisotopic (exact) mass is 308 g/mol. The Balaban J connectivity index is 1.97. The molecule has 0 aliphatic carbocycles. The van der Waals surface area contributed by atoms with E-state index in [-0.39, 0.29) is 5.78 Å². The lowest BCUT2D eigenvalue weighted by molar-refractivity contribution is 0.103. The highest BCUT2D eigenvalue weighted by Crippen LogP contribution is 2.30. The summed E-state index contributed by atoms with van der Waals surface area (Å²) in [5, 5.41) is 2.22. The minimum atomic E-state index is 0.0557. The van der Waals surface area contributed by atoms with Crippen molar-refractivity contribution in [2.24, 2.45) is 0 Å². The summed E-state index contributed by atoms with van der Waals surface area (Å²) in [7, 11) is 0. The van der Waals surface area contributed by atoms with Gasteiger partial charge < -0.3 is 0 Å². The van der Waals surface area contributed by atoms with Gasteiger partial charge in [-0.25, -0.2) is 0 Å². The van der Waals surface area contributed by atoms with Crippen molar-refractivity contribution in [2.75, 3.05) is 0 Å². The average molecular weight is 308 g/mol. The van der Waals surface area contributed by atoms with E-state index in [1.165, 1.54) is 0 Å². The van der Waals surface area contributed by atoms with Gasteiger partial charge in [-0.15, -0.1) is 0 Å². The molecule has 0 radical (unpaired) electrons. The van der Waals surface area contributed by atoms with Gasteiger partial charge in [-0.05, 0) is 34.0 Å². The molecular weight excluding hydrogens is 292 g/mol. The number of benzene rings is 4. The Kier molecular flexibility index (Phi) is 3.68. The lowest BCUT2D eigenvalue weighted by Gasteiger charge is -2.11.